The SMILES string of the molecule is CC1=C2c3ccc(CCl)cc3N(c3ccc(Cl)cc3)CCN2NN1. The Morgan fingerprint density at radius 2 is 1.88 bits per heavy atom. The van der Waals surface area contributed by atoms with E-state index in [-0.39, 0.29) is 0 Å². The highest BCUT2D eigenvalue weighted by Gasteiger charge is 2.29. The quantitative estimate of drug-likeness (QED) is 0.784. The van der Waals surface area contributed by atoms with Crippen LogP contribution >= 0.6 is 23.2 Å². The van der Waals surface area contributed by atoms with Crippen molar-refractivity contribution in [2.24, 2.45) is 0 Å². The minimum atomic E-state index is 0.500. The Morgan fingerprint density at radius 3 is 2.62 bits per heavy atom. The molecule has 0 atom stereocenters. The smallest absolute Gasteiger partial charge is 0.0832 e. The standard InChI is InChI=1S/C18H18Cl2N4/c1-12-18-16-7-2-13(11-19)10-17(16)23(8-9-24(18)22-21-12)15-5-3-14(20)4-6-15/h2-7,10,21-22H,8-9,11H2,1H3. The maximum Gasteiger partial charge on any atom is 0.0832 e. The van der Waals surface area contributed by atoms with E-state index >= 15 is 0 Å². The number of anilines is 2. The van der Waals surface area contributed by atoms with Crippen molar-refractivity contribution in [1.29, 1.82) is 0 Å². The molecule has 124 valence electrons. The number of nitrogens with zero attached hydrogens (tertiary/aromatic N) is 2. The number of benzene rings is 2. The molecule has 2 aliphatic heterocycles. The van der Waals surface area contributed by atoms with Crippen LogP contribution in [-0.2, 0) is 5.88 Å². The van der Waals surface area contributed by atoms with Gasteiger partial charge in [0.1, 0.15) is 0 Å². The minimum Gasteiger partial charge on any atom is -0.339 e. The van der Waals surface area contributed by atoms with Crippen molar-refractivity contribution < 1.29 is 0 Å². The van der Waals surface area contributed by atoms with Gasteiger partial charge in [0.15, 0.2) is 0 Å². The molecule has 4 rings (SSSR count). The van der Waals surface area contributed by atoms with E-state index in [1.165, 1.54) is 11.3 Å². The van der Waals surface area contributed by atoms with Gasteiger partial charge < -0.3 is 10.3 Å². The summed E-state index contributed by atoms with van der Waals surface area (Å²) >= 11 is 12.1. The van der Waals surface area contributed by atoms with E-state index in [0.29, 0.717) is 5.88 Å². The number of hydrogen-bond donors (Lipinski definition) is 2. The van der Waals surface area contributed by atoms with Gasteiger partial charge in [0.05, 0.1) is 23.6 Å². The van der Waals surface area contributed by atoms with Crippen molar-refractivity contribution in [2.45, 2.75) is 12.8 Å². The topological polar surface area (TPSA) is 30.5 Å². The summed E-state index contributed by atoms with van der Waals surface area (Å²) in [5, 5.41) is 2.90. The van der Waals surface area contributed by atoms with Crippen LogP contribution in [0.2, 0.25) is 5.02 Å². The first-order valence-corrected chi connectivity index (χ1v) is 8.81. The largest absolute Gasteiger partial charge is 0.339 e. The molecule has 0 bridgehead atoms. The van der Waals surface area contributed by atoms with E-state index in [1.807, 2.05) is 12.1 Å². The third-order valence-corrected chi connectivity index (χ3v) is 5.01. The molecule has 2 aromatic rings. The fraction of sp³-hybridized carbons (Fsp3) is 0.222. The molecule has 2 N–H and O–H groups in total. The lowest BCUT2D eigenvalue weighted by atomic mass is 10.0. The van der Waals surface area contributed by atoms with E-state index in [2.05, 4.69) is 58.1 Å². The summed E-state index contributed by atoms with van der Waals surface area (Å²) in [4.78, 5) is 2.32. The molecule has 0 radical (unpaired) electrons. The highest BCUT2D eigenvalue weighted by molar-refractivity contribution is 6.30. The second-order valence-corrected chi connectivity index (χ2v) is 6.68. The van der Waals surface area contributed by atoms with E-state index in [4.69, 9.17) is 23.2 Å². The number of halogens is 2. The number of fused-ring (bicyclic) bond motifs is 3. The average Bonchev–Trinajstić information content (AvgIpc) is 2.88. The summed E-state index contributed by atoms with van der Waals surface area (Å²) in [5.41, 5.74) is 13.3. The summed E-state index contributed by atoms with van der Waals surface area (Å²) in [6.45, 7) is 3.79. The molecule has 0 fully saturated rings. The van der Waals surface area contributed by atoms with Gasteiger partial charge in [0.2, 0.25) is 0 Å². The normalized spacial score (nSPS) is 16.6. The van der Waals surface area contributed by atoms with Gasteiger partial charge in [0, 0.05) is 28.7 Å². The molecular weight excluding hydrogens is 343 g/mol. The van der Waals surface area contributed by atoms with Crippen molar-refractivity contribution in [3.63, 3.8) is 0 Å². The van der Waals surface area contributed by atoms with E-state index in [0.717, 1.165) is 40.7 Å². The van der Waals surface area contributed by atoms with Crippen LogP contribution < -0.4 is 15.9 Å². The summed E-state index contributed by atoms with van der Waals surface area (Å²) < 4.78 is 0. The first-order valence-electron chi connectivity index (χ1n) is 7.90. The molecule has 0 unspecified atom stereocenters. The zero-order valence-corrected chi connectivity index (χ0v) is 14.8. The minimum absolute atomic E-state index is 0.500. The zero-order chi connectivity index (χ0) is 16.7. The van der Waals surface area contributed by atoms with Gasteiger partial charge in [-0.2, -0.15) is 0 Å². The molecule has 0 saturated heterocycles. The lowest BCUT2D eigenvalue weighted by Crippen LogP contribution is -2.40. The Morgan fingerprint density at radius 1 is 1.08 bits per heavy atom. The second-order valence-electron chi connectivity index (χ2n) is 5.98. The zero-order valence-electron chi connectivity index (χ0n) is 13.3. The van der Waals surface area contributed by atoms with Gasteiger partial charge in [-0.05, 0) is 42.8 Å². The van der Waals surface area contributed by atoms with Gasteiger partial charge in [0.25, 0.3) is 0 Å². The third-order valence-electron chi connectivity index (χ3n) is 4.45. The second kappa shape index (κ2) is 6.20. The lowest BCUT2D eigenvalue weighted by Gasteiger charge is -2.25. The van der Waals surface area contributed by atoms with E-state index in [1.54, 1.807) is 0 Å². The summed E-state index contributed by atoms with van der Waals surface area (Å²) in [5.74, 6) is 0.500. The van der Waals surface area contributed by atoms with Crippen LogP contribution in [0.25, 0.3) is 5.70 Å². The third kappa shape index (κ3) is 2.61. The summed E-state index contributed by atoms with van der Waals surface area (Å²) in [6.07, 6.45) is 0. The van der Waals surface area contributed by atoms with Crippen molar-refractivity contribution in [3.8, 4) is 0 Å². The molecule has 0 spiro atoms. The number of hydrazine groups is 2. The molecule has 0 saturated carbocycles. The average molecular weight is 361 g/mol. The monoisotopic (exact) mass is 360 g/mol. The van der Waals surface area contributed by atoms with Gasteiger partial charge in [-0.25, -0.2) is 0 Å². The predicted molar refractivity (Wildman–Crippen MR) is 100 cm³/mol. The Hall–Kier alpha value is -1.88. The van der Waals surface area contributed by atoms with Gasteiger partial charge in [-0.3, -0.25) is 5.01 Å². The lowest BCUT2D eigenvalue weighted by molar-refractivity contribution is 0.294. The molecule has 0 aromatic heterocycles. The van der Waals surface area contributed by atoms with Crippen LogP contribution in [0.3, 0.4) is 0 Å². The number of allylic oxidation sites excluding steroid dienone is 1. The molecule has 2 aromatic carbocycles. The highest BCUT2D eigenvalue weighted by atomic mass is 35.5. The summed E-state index contributed by atoms with van der Waals surface area (Å²) in [6, 6.07) is 14.4. The van der Waals surface area contributed by atoms with Crippen molar-refractivity contribution in [1.82, 2.24) is 16.0 Å². The molecule has 6 heteroatoms. The Bertz CT molecular complexity index is 801. The molecule has 0 amide bonds. The van der Waals surface area contributed by atoms with Crippen LogP contribution in [0.15, 0.2) is 48.2 Å². The first kappa shape index (κ1) is 15.6. The summed E-state index contributed by atoms with van der Waals surface area (Å²) in [7, 11) is 0. The van der Waals surface area contributed by atoms with Gasteiger partial charge in [-0.15, -0.1) is 17.1 Å². The fourth-order valence-electron chi connectivity index (χ4n) is 3.28. The van der Waals surface area contributed by atoms with Crippen LogP contribution in [-0.4, -0.2) is 18.1 Å². The number of hydrogen-bond acceptors (Lipinski definition) is 4. The molecule has 4 nitrogen and oxygen atoms in total. The van der Waals surface area contributed by atoms with Gasteiger partial charge >= 0.3 is 0 Å². The van der Waals surface area contributed by atoms with Gasteiger partial charge in [-0.1, -0.05) is 23.7 Å². The number of rotatable bonds is 2. The first-order chi connectivity index (χ1) is 11.7. The maximum absolute atomic E-state index is 6.08. The molecule has 0 aliphatic carbocycles. The Labute approximate surface area is 151 Å². The van der Waals surface area contributed by atoms with Crippen molar-refractivity contribution >= 4 is 40.3 Å². The molecule has 24 heavy (non-hydrogen) atoms. The van der Waals surface area contributed by atoms with E-state index < -0.39 is 0 Å². The Kier molecular flexibility index (Phi) is 4.04. The predicted octanol–water partition coefficient (Wildman–Crippen LogP) is 4.24. The molecular formula is C18H18Cl2N4. The molecule has 2 heterocycles. The highest BCUT2D eigenvalue weighted by Crippen LogP contribution is 2.39. The van der Waals surface area contributed by atoms with Crippen LogP contribution in [0, 0.1) is 0 Å². The maximum atomic E-state index is 6.08. The van der Waals surface area contributed by atoms with Crippen LogP contribution in [0.1, 0.15) is 18.1 Å². The number of alkyl halides is 1. The number of nitrogens with one attached hydrogen (secondary N) is 2. The molecule has 2 aliphatic rings. The van der Waals surface area contributed by atoms with E-state index in [9.17, 15) is 0 Å². The Balaban J connectivity index is 1.89. The van der Waals surface area contributed by atoms with Crippen molar-refractivity contribution in [3.05, 3.63) is 64.3 Å². The van der Waals surface area contributed by atoms with Crippen LogP contribution in [0.5, 0.6) is 0 Å². The fourth-order valence-corrected chi connectivity index (χ4v) is 3.57. The van der Waals surface area contributed by atoms with Crippen molar-refractivity contribution in [2.75, 3.05) is 18.0 Å². The van der Waals surface area contributed by atoms with Crippen LogP contribution in [0.4, 0.5) is 11.4 Å².